The maximum atomic E-state index is 12.2. The highest BCUT2D eigenvalue weighted by Crippen LogP contribution is 2.33. The fourth-order valence-corrected chi connectivity index (χ4v) is 2.33. The van der Waals surface area contributed by atoms with Gasteiger partial charge in [-0.15, -0.1) is 0 Å². The molecule has 19 heavy (non-hydrogen) atoms. The molecule has 2 rings (SSSR count). The number of esters is 1. The van der Waals surface area contributed by atoms with Crippen molar-refractivity contribution in [3.63, 3.8) is 0 Å². The zero-order valence-electron chi connectivity index (χ0n) is 11.4. The number of rotatable bonds is 4. The van der Waals surface area contributed by atoms with E-state index >= 15 is 0 Å². The molecule has 0 amide bonds. The van der Waals surface area contributed by atoms with Crippen LogP contribution in [0.4, 0.5) is 0 Å². The van der Waals surface area contributed by atoms with Crippen LogP contribution in [0.3, 0.4) is 0 Å². The molecule has 0 fully saturated rings. The van der Waals surface area contributed by atoms with Crippen LogP contribution in [0.25, 0.3) is 0 Å². The van der Waals surface area contributed by atoms with E-state index in [4.69, 9.17) is 9.15 Å². The lowest BCUT2D eigenvalue weighted by Gasteiger charge is -2.27. The predicted octanol–water partition coefficient (Wildman–Crippen LogP) is 2.78. The van der Waals surface area contributed by atoms with Crippen molar-refractivity contribution in [1.29, 1.82) is 0 Å². The molecule has 5 heteroatoms. The Morgan fingerprint density at radius 2 is 2.21 bits per heavy atom. The molecule has 0 radical (unpaired) electrons. The minimum absolute atomic E-state index is 0.212. The van der Waals surface area contributed by atoms with Crippen molar-refractivity contribution in [2.75, 3.05) is 6.61 Å². The number of carbonyl (C=O) groups is 1. The molecule has 0 spiro atoms. The van der Waals surface area contributed by atoms with Crippen molar-refractivity contribution in [3.8, 4) is 0 Å². The van der Waals surface area contributed by atoms with Crippen molar-refractivity contribution in [2.45, 2.75) is 33.1 Å². The molecule has 2 unspecified atom stereocenters. The molecule has 0 saturated carbocycles. The van der Waals surface area contributed by atoms with E-state index in [9.17, 15) is 4.79 Å². The van der Waals surface area contributed by atoms with Crippen molar-refractivity contribution in [3.05, 3.63) is 24.2 Å². The molecule has 0 aliphatic carbocycles. The molecule has 2 heterocycles. The molecule has 0 saturated heterocycles. The number of furan rings is 1. The minimum atomic E-state index is -0.446. The lowest BCUT2D eigenvalue weighted by Crippen LogP contribution is -2.36. The van der Waals surface area contributed by atoms with Crippen LogP contribution in [0.15, 0.2) is 33.0 Å². The Morgan fingerprint density at radius 3 is 2.79 bits per heavy atom. The van der Waals surface area contributed by atoms with E-state index in [0.29, 0.717) is 12.3 Å². The van der Waals surface area contributed by atoms with Gasteiger partial charge in [-0.05, 0) is 32.4 Å². The van der Waals surface area contributed by atoms with Crippen LogP contribution in [-0.4, -0.2) is 24.0 Å². The fourth-order valence-electron chi connectivity index (χ4n) is 2.33. The van der Waals surface area contributed by atoms with Gasteiger partial charge in [0.2, 0.25) is 0 Å². The first-order valence-electron chi connectivity index (χ1n) is 6.50. The molecular formula is C14H18N2O3. The van der Waals surface area contributed by atoms with E-state index < -0.39 is 5.92 Å². The van der Waals surface area contributed by atoms with Gasteiger partial charge in [-0.25, -0.2) is 0 Å². The first-order chi connectivity index (χ1) is 9.19. The average Bonchev–Trinajstić information content (AvgIpc) is 2.92. The number of carbonyl (C=O) groups excluding carboxylic acids is 1. The Labute approximate surface area is 112 Å². The molecule has 2 atom stereocenters. The molecule has 1 aliphatic heterocycles. The first kappa shape index (κ1) is 13.5. The Balaban J connectivity index is 2.40. The molecule has 0 N–H and O–H groups in total. The summed E-state index contributed by atoms with van der Waals surface area (Å²) in [6.45, 7) is 5.94. The van der Waals surface area contributed by atoms with Gasteiger partial charge >= 0.3 is 5.97 Å². The molecule has 102 valence electrons. The Kier molecular flexibility index (Phi) is 4.14. The second-order valence-corrected chi connectivity index (χ2v) is 4.41. The summed E-state index contributed by atoms with van der Waals surface area (Å²) in [6, 6.07) is 3.67. The quantitative estimate of drug-likeness (QED) is 0.784. The summed E-state index contributed by atoms with van der Waals surface area (Å²) in [7, 11) is 0. The summed E-state index contributed by atoms with van der Waals surface area (Å²) in [6.07, 6.45) is 2.32. The van der Waals surface area contributed by atoms with Crippen LogP contribution in [0.1, 0.15) is 38.9 Å². The predicted molar refractivity (Wildman–Crippen MR) is 72.4 cm³/mol. The Hall–Kier alpha value is -1.91. The van der Waals surface area contributed by atoms with Crippen LogP contribution >= 0.6 is 0 Å². The third-order valence-electron chi connectivity index (χ3n) is 3.23. The minimum Gasteiger partial charge on any atom is -0.469 e. The lowest BCUT2D eigenvalue weighted by atomic mass is 9.81. The zero-order valence-corrected chi connectivity index (χ0v) is 11.4. The monoisotopic (exact) mass is 262 g/mol. The molecular weight excluding hydrogens is 244 g/mol. The zero-order chi connectivity index (χ0) is 13.8. The molecule has 5 nitrogen and oxygen atoms in total. The van der Waals surface area contributed by atoms with Crippen LogP contribution < -0.4 is 0 Å². The van der Waals surface area contributed by atoms with Gasteiger partial charge in [-0.2, -0.15) is 10.2 Å². The summed E-state index contributed by atoms with van der Waals surface area (Å²) in [5.74, 6) is -0.200. The van der Waals surface area contributed by atoms with Gasteiger partial charge in [0.05, 0.1) is 30.2 Å². The second kappa shape index (κ2) is 5.82. The number of ether oxygens (including phenoxy) is 1. The second-order valence-electron chi connectivity index (χ2n) is 4.41. The largest absolute Gasteiger partial charge is 0.469 e. The number of hydrogen-bond donors (Lipinski definition) is 0. The Morgan fingerprint density at radius 1 is 1.42 bits per heavy atom. The smallest absolute Gasteiger partial charge is 0.315 e. The van der Waals surface area contributed by atoms with Crippen LogP contribution in [0.5, 0.6) is 0 Å². The normalized spacial score (nSPS) is 22.7. The van der Waals surface area contributed by atoms with E-state index in [2.05, 4.69) is 10.2 Å². The van der Waals surface area contributed by atoms with Gasteiger partial charge in [0, 0.05) is 0 Å². The Bertz CT molecular complexity index is 503. The third kappa shape index (κ3) is 2.59. The lowest BCUT2D eigenvalue weighted by molar-refractivity contribution is -0.145. The average molecular weight is 262 g/mol. The summed E-state index contributed by atoms with van der Waals surface area (Å²) < 4.78 is 10.6. The highest BCUT2D eigenvalue weighted by molar-refractivity contribution is 6.09. The van der Waals surface area contributed by atoms with E-state index in [0.717, 1.165) is 17.9 Å². The van der Waals surface area contributed by atoms with E-state index in [1.54, 1.807) is 20.1 Å². The number of hydrogen-bond acceptors (Lipinski definition) is 5. The molecule has 0 bridgehead atoms. The van der Waals surface area contributed by atoms with Gasteiger partial charge in [0.1, 0.15) is 11.7 Å². The van der Waals surface area contributed by atoms with Crippen LogP contribution in [0, 0.1) is 5.92 Å². The van der Waals surface area contributed by atoms with Crippen LogP contribution in [0.2, 0.25) is 0 Å². The summed E-state index contributed by atoms with van der Waals surface area (Å²) in [4.78, 5) is 12.2. The highest BCUT2D eigenvalue weighted by atomic mass is 16.5. The van der Waals surface area contributed by atoms with Crippen molar-refractivity contribution in [2.24, 2.45) is 16.1 Å². The van der Waals surface area contributed by atoms with Crippen LogP contribution in [-0.2, 0) is 9.53 Å². The van der Waals surface area contributed by atoms with Gasteiger partial charge in [-0.3, -0.25) is 4.79 Å². The van der Waals surface area contributed by atoms with Gasteiger partial charge < -0.3 is 9.15 Å². The topological polar surface area (TPSA) is 64.2 Å². The first-order valence-corrected chi connectivity index (χ1v) is 6.50. The summed E-state index contributed by atoms with van der Waals surface area (Å²) in [5, 5.41) is 8.29. The van der Waals surface area contributed by atoms with Crippen molar-refractivity contribution in [1.82, 2.24) is 0 Å². The summed E-state index contributed by atoms with van der Waals surface area (Å²) >= 11 is 0. The van der Waals surface area contributed by atoms with Crippen molar-refractivity contribution >= 4 is 17.4 Å². The fraction of sp³-hybridized carbons (Fsp3) is 0.500. The standard InChI is InChI=1S/C14H18N2O3/c1-4-10-13(11-7-6-8-19-11)12(9(3)15-16-10)14(17)18-5-2/h6-8,12-13H,4-5H2,1-3H3. The highest BCUT2D eigenvalue weighted by Gasteiger charge is 2.39. The summed E-state index contributed by atoms with van der Waals surface area (Å²) in [5.41, 5.74) is 1.51. The van der Waals surface area contributed by atoms with Gasteiger partial charge in [0.25, 0.3) is 0 Å². The van der Waals surface area contributed by atoms with Gasteiger partial charge in [0.15, 0.2) is 0 Å². The maximum Gasteiger partial charge on any atom is 0.315 e. The van der Waals surface area contributed by atoms with Crippen molar-refractivity contribution < 1.29 is 13.9 Å². The molecule has 1 aromatic heterocycles. The molecule has 1 aromatic rings. The SMILES string of the molecule is CCOC(=O)C1C(C)=NN=C(CC)C1c1ccco1. The third-order valence-corrected chi connectivity index (χ3v) is 3.23. The maximum absolute atomic E-state index is 12.2. The molecule has 0 aromatic carbocycles. The van der Waals surface area contributed by atoms with Gasteiger partial charge in [-0.1, -0.05) is 6.92 Å². The van der Waals surface area contributed by atoms with E-state index in [-0.39, 0.29) is 11.9 Å². The van der Waals surface area contributed by atoms with E-state index in [1.165, 1.54) is 0 Å². The molecule has 1 aliphatic rings. The van der Waals surface area contributed by atoms with E-state index in [1.807, 2.05) is 19.1 Å². The number of nitrogens with zero attached hydrogens (tertiary/aromatic N) is 2.